The number of benzene rings is 1. The van der Waals surface area contributed by atoms with Gasteiger partial charge < -0.3 is 45.2 Å². The van der Waals surface area contributed by atoms with Gasteiger partial charge in [-0.25, -0.2) is 24.5 Å². The molecule has 2 amide bonds. The third-order valence-corrected chi connectivity index (χ3v) is 10.6. The van der Waals surface area contributed by atoms with E-state index in [0.29, 0.717) is 62.5 Å². The fraction of sp³-hybridized carbons (Fsp3) is 0.649. The van der Waals surface area contributed by atoms with Crippen LogP contribution in [-0.4, -0.2) is 126 Å². The summed E-state index contributed by atoms with van der Waals surface area (Å²) in [4.78, 5) is 39.5. The minimum atomic E-state index is -4.54. The van der Waals surface area contributed by atoms with Gasteiger partial charge >= 0.3 is 16.3 Å². The lowest BCUT2D eigenvalue weighted by Gasteiger charge is -2.29. The fourth-order valence-corrected chi connectivity index (χ4v) is 7.86. The molecule has 5 rings (SSSR count). The second-order valence-corrected chi connectivity index (χ2v) is 17.0. The van der Waals surface area contributed by atoms with Gasteiger partial charge in [-0.2, -0.15) is 12.7 Å². The largest absolute Gasteiger partial charge is 0.444 e. The summed E-state index contributed by atoms with van der Waals surface area (Å²) in [5.41, 5.74) is 12.1. The van der Waals surface area contributed by atoms with Crippen molar-refractivity contribution in [3.05, 3.63) is 48.5 Å². The molecule has 0 bridgehead atoms. The number of imidazole rings is 1. The van der Waals surface area contributed by atoms with Gasteiger partial charge in [-0.05, 0) is 53.0 Å². The minimum Gasteiger partial charge on any atom is -0.444 e. The SMILES string of the molecule is CC(C)(C)OC(=O)N[C@@H](Cc1ccccc1)C(=O)NS(=O)(=O)N(CCCCCCOCCOCCN)C[C@H]1O[C@@H](n2cnc3c(N)ncnc32)[C@@H]2OC(C)(C)O[C@@H]21. The van der Waals surface area contributed by atoms with Crippen molar-refractivity contribution in [1.82, 2.24) is 33.9 Å². The smallest absolute Gasteiger partial charge is 0.408 e. The van der Waals surface area contributed by atoms with E-state index < -0.39 is 64.2 Å². The highest BCUT2D eigenvalue weighted by atomic mass is 32.2. The molecule has 19 nitrogen and oxygen atoms in total. The van der Waals surface area contributed by atoms with E-state index in [1.165, 1.54) is 17.0 Å². The number of carbonyl (C=O) groups is 2. The molecule has 57 heavy (non-hydrogen) atoms. The van der Waals surface area contributed by atoms with E-state index in [2.05, 4.69) is 25.0 Å². The van der Waals surface area contributed by atoms with Crippen molar-refractivity contribution in [2.45, 2.75) is 109 Å². The molecule has 2 fully saturated rings. The first-order chi connectivity index (χ1) is 27.1. The summed E-state index contributed by atoms with van der Waals surface area (Å²) in [6.07, 6.45) is 1.63. The Bertz CT molecular complexity index is 1880. The molecule has 5 atom stereocenters. The summed E-state index contributed by atoms with van der Waals surface area (Å²) < 4.78 is 69.1. The first-order valence-corrected chi connectivity index (χ1v) is 20.7. The zero-order valence-electron chi connectivity index (χ0n) is 33.3. The van der Waals surface area contributed by atoms with Crippen LogP contribution >= 0.6 is 0 Å². The number of ether oxygens (including phenoxy) is 6. The highest BCUT2D eigenvalue weighted by Crippen LogP contribution is 2.44. The third kappa shape index (κ3) is 12.5. The molecule has 0 unspecified atom stereocenters. The van der Waals surface area contributed by atoms with Crippen molar-refractivity contribution in [1.29, 1.82) is 0 Å². The van der Waals surface area contributed by atoms with Crippen LogP contribution in [0.5, 0.6) is 0 Å². The number of hydrogen-bond acceptors (Lipinski definition) is 15. The standard InChI is InChI=1S/C37H57N9O10S/c1-36(2,3)56-35(48)43-26(21-25-13-9-8-10-14-25)33(47)44-57(49,50)45(16-11-6-7-12-17-51-19-20-52-18-15-38)22-27-29-30(55-37(4,5)54-29)34(53-27)46-24-42-28-31(39)40-23-41-32(28)46/h8-10,13-14,23-24,26-27,29-30,34H,6-7,11-12,15-22,38H2,1-5H3,(H,43,48)(H,44,47)(H2,39,40,41)/t26-,27+,29+,30+,34+/m0/s1. The number of hydrogen-bond donors (Lipinski definition) is 4. The molecule has 2 saturated heterocycles. The van der Waals surface area contributed by atoms with Crippen LogP contribution in [0.3, 0.4) is 0 Å². The number of unbranched alkanes of at least 4 members (excludes halogenated alkanes) is 3. The van der Waals surface area contributed by atoms with Crippen molar-refractivity contribution >= 4 is 39.2 Å². The van der Waals surface area contributed by atoms with Crippen LogP contribution in [0.2, 0.25) is 0 Å². The van der Waals surface area contributed by atoms with Gasteiger partial charge in [-0.1, -0.05) is 43.2 Å². The molecule has 2 aliphatic heterocycles. The fourth-order valence-electron chi connectivity index (χ4n) is 6.62. The second kappa shape index (κ2) is 19.6. The Morgan fingerprint density at radius 2 is 1.68 bits per heavy atom. The predicted molar refractivity (Wildman–Crippen MR) is 209 cm³/mol. The van der Waals surface area contributed by atoms with Gasteiger partial charge in [0.25, 0.3) is 5.91 Å². The summed E-state index contributed by atoms with van der Waals surface area (Å²) in [6.45, 7) is 10.8. The quantitative estimate of drug-likeness (QED) is 0.113. The van der Waals surface area contributed by atoms with Crippen molar-refractivity contribution in [3.8, 4) is 0 Å². The third-order valence-electron chi connectivity index (χ3n) is 9.11. The summed E-state index contributed by atoms with van der Waals surface area (Å²) in [6, 6.07) is 7.65. The van der Waals surface area contributed by atoms with Gasteiger partial charge in [0.15, 0.2) is 23.5 Å². The Kier molecular flexibility index (Phi) is 15.2. The normalized spacial score (nSPS) is 21.1. The maximum Gasteiger partial charge on any atom is 0.408 e. The molecular formula is C37H57N9O10S. The van der Waals surface area contributed by atoms with Gasteiger partial charge in [-0.3, -0.25) is 9.36 Å². The highest BCUT2D eigenvalue weighted by molar-refractivity contribution is 7.87. The van der Waals surface area contributed by atoms with Gasteiger partial charge in [-0.15, -0.1) is 0 Å². The van der Waals surface area contributed by atoms with Crippen molar-refractivity contribution in [3.63, 3.8) is 0 Å². The zero-order valence-corrected chi connectivity index (χ0v) is 34.1. The Balaban J connectivity index is 1.33. The van der Waals surface area contributed by atoms with Crippen LogP contribution in [0.25, 0.3) is 11.2 Å². The maximum atomic E-state index is 14.3. The van der Waals surface area contributed by atoms with Crippen molar-refractivity contribution in [2.75, 3.05) is 51.8 Å². The van der Waals surface area contributed by atoms with Gasteiger partial charge in [0.2, 0.25) is 0 Å². The maximum absolute atomic E-state index is 14.3. The van der Waals surface area contributed by atoms with Crippen LogP contribution in [0.4, 0.5) is 10.6 Å². The van der Waals surface area contributed by atoms with Crippen LogP contribution in [0, 0.1) is 0 Å². The van der Waals surface area contributed by atoms with Gasteiger partial charge in [0, 0.05) is 32.7 Å². The number of nitrogens with one attached hydrogen (secondary N) is 2. The topological polar surface area (TPSA) is 247 Å². The number of nitrogen functional groups attached to an aromatic ring is 1. The molecule has 0 radical (unpaired) electrons. The molecule has 20 heteroatoms. The number of anilines is 1. The van der Waals surface area contributed by atoms with E-state index in [-0.39, 0.29) is 25.3 Å². The molecule has 0 saturated carbocycles. The van der Waals surface area contributed by atoms with E-state index in [9.17, 15) is 18.0 Å². The minimum absolute atomic E-state index is 0.00696. The van der Waals surface area contributed by atoms with Gasteiger partial charge in [0.1, 0.15) is 41.8 Å². The molecule has 6 N–H and O–H groups in total. The summed E-state index contributed by atoms with van der Waals surface area (Å²) in [5.74, 6) is -1.76. The predicted octanol–water partition coefficient (Wildman–Crippen LogP) is 2.18. The number of carbonyl (C=O) groups excluding carboxylic acids is 2. The number of alkyl carbamates (subject to hydrolysis) is 1. The average Bonchev–Trinajstić information content (AvgIpc) is 3.80. The van der Waals surface area contributed by atoms with E-state index in [1.807, 2.05) is 6.07 Å². The lowest BCUT2D eigenvalue weighted by atomic mass is 10.1. The first kappa shape index (κ1) is 44.1. The number of amides is 2. The molecule has 316 valence electrons. The number of aromatic nitrogens is 4. The summed E-state index contributed by atoms with van der Waals surface area (Å²) >= 11 is 0. The van der Waals surface area contributed by atoms with Crippen molar-refractivity contribution in [2.24, 2.45) is 5.73 Å². The number of rotatable bonds is 21. The Labute approximate surface area is 333 Å². The Hall–Kier alpha value is -4.02. The summed E-state index contributed by atoms with van der Waals surface area (Å²) in [7, 11) is -4.54. The van der Waals surface area contributed by atoms with Crippen LogP contribution < -0.4 is 21.5 Å². The monoisotopic (exact) mass is 819 g/mol. The molecular weight excluding hydrogens is 763 g/mol. The second-order valence-electron chi connectivity index (χ2n) is 15.4. The highest BCUT2D eigenvalue weighted by Gasteiger charge is 2.57. The van der Waals surface area contributed by atoms with E-state index in [1.54, 1.807) is 63.5 Å². The lowest BCUT2D eigenvalue weighted by Crippen LogP contribution is -2.54. The molecule has 2 aliphatic rings. The molecule has 2 aromatic heterocycles. The zero-order chi connectivity index (χ0) is 41.2. The van der Waals surface area contributed by atoms with Gasteiger partial charge in [0.05, 0.1) is 26.1 Å². The molecule has 4 heterocycles. The van der Waals surface area contributed by atoms with E-state index >= 15 is 0 Å². The average molecular weight is 820 g/mol. The Morgan fingerprint density at radius 3 is 2.40 bits per heavy atom. The van der Waals surface area contributed by atoms with E-state index in [0.717, 1.165) is 12.8 Å². The molecule has 0 spiro atoms. The number of nitrogens with two attached hydrogens (primary N) is 2. The lowest BCUT2D eigenvalue weighted by molar-refractivity contribution is -0.196. The molecule has 3 aromatic rings. The number of fused-ring (bicyclic) bond motifs is 2. The van der Waals surface area contributed by atoms with Crippen molar-refractivity contribution < 1.29 is 46.4 Å². The van der Waals surface area contributed by atoms with Crippen LogP contribution in [-0.2, 0) is 49.8 Å². The summed E-state index contributed by atoms with van der Waals surface area (Å²) in [5, 5.41) is 2.56. The number of nitrogens with zero attached hydrogens (tertiary/aromatic N) is 5. The van der Waals surface area contributed by atoms with E-state index in [4.69, 9.17) is 39.9 Å². The van der Waals surface area contributed by atoms with Crippen LogP contribution in [0.1, 0.15) is 72.1 Å². The molecule has 1 aromatic carbocycles. The first-order valence-electron chi connectivity index (χ1n) is 19.2. The van der Waals surface area contributed by atoms with Crippen LogP contribution in [0.15, 0.2) is 43.0 Å². The Morgan fingerprint density at radius 1 is 0.982 bits per heavy atom. The molecule has 0 aliphatic carbocycles.